The van der Waals surface area contributed by atoms with Gasteiger partial charge in [0.2, 0.25) is 5.91 Å². The highest BCUT2D eigenvalue weighted by Crippen LogP contribution is 2.49. The molecule has 4 heteroatoms. The fourth-order valence-corrected chi connectivity index (χ4v) is 2.98. The zero-order chi connectivity index (χ0) is 14.7. The van der Waals surface area contributed by atoms with E-state index in [9.17, 15) is 4.79 Å². The standard InChI is InChI=1S/C18H22N2O.ClH/c1-2-19-10-11-20-18(21)17-12-16(17)15-9-5-7-13-6-3-4-8-14(13)15;/h3-9,16-17,19H,2,10-12H2,1H3,(H,20,21);1H. The van der Waals surface area contributed by atoms with Crippen LogP contribution in [0, 0.1) is 5.92 Å². The monoisotopic (exact) mass is 318 g/mol. The molecule has 2 atom stereocenters. The van der Waals surface area contributed by atoms with Gasteiger partial charge in [-0.25, -0.2) is 0 Å². The third-order valence-electron chi connectivity index (χ3n) is 4.20. The predicted octanol–water partition coefficient (Wildman–Crippen LogP) is 3.09. The smallest absolute Gasteiger partial charge is 0.223 e. The van der Waals surface area contributed by atoms with Gasteiger partial charge in [-0.05, 0) is 35.2 Å². The van der Waals surface area contributed by atoms with Gasteiger partial charge in [0.1, 0.15) is 0 Å². The maximum Gasteiger partial charge on any atom is 0.223 e. The highest BCUT2D eigenvalue weighted by molar-refractivity contribution is 5.89. The van der Waals surface area contributed by atoms with E-state index in [0.29, 0.717) is 12.5 Å². The van der Waals surface area contributed by atoms with Crippen molar-refractivity contribution < 1.29 is 4.79 Å². The van der Waals surface area contributed by atoms with E-state index in [4.69, 9.17) is 0 Å². The number of carbonyl (C=O) groups excluding carboxylic acids is 1. The number of hydrogen-bond acceptors (Lipinski definition) is 2. The maximum atomic E-state index is 12.1. The largest absolute Gasteiger partial charge is 0.355 e. The number of hydrogen-bond donors (Lipinski definition) is 2. The third-order valence-corrected chi connectivity index (χ3v) is 4.20. The van der Waals surface area contributed by atoms with Gasteiger partial charge in [0, 0.05) is 19.0 Å². The van der Waals surface area contributed by atoms with Crippen LogP contribution in [0.5, 0.6) is 0 Å². The lowest BCUT2D eigenvalue weighted by Crippen LogP contribution is -2.32. The van der Waals surface area contributed by atoms with Crippen molar-refractivity contribution >= 4 is 29.1 Å². The number of amides is 1. The number of likely N-dealkylation sites (N-methyl/N-ethyl adjacent to an activating group) is 1. The molecule has 1 amide bonds. The lowest BCUT2D eigenvalue weighted by molar-refractivity contribution is -0.122. The van der Waals surface area contributed by atoms with Crippen LogP contribution in [0.1, 0.15) is 24.8 Å². The molecule has 3 nitrogen and oxygen atoms in total. The van der Waals surface area contributed by atoms with Crippen molar-refractivity contribution in [2.24, 2.45) is 5.92 Å². The van der Waals surface area contributed by atoms with Gasteiger partial charge < -0.3 is 10.6 Å². The average molecular weight is 319 g/mol. The molecule has 22 heavy (non-hydrogen) atoms. The van der Waals surface area contributed by atoms with E-state index in [1.807, 2.05) is 0 Å². The quantitative estimate of drug-likeness (QED) is 0.804. The van der Waals surface area contributed by atoms with Crippen molar-refractivity contribution in [2.45, 2.75) is 19.3 Å². The number of fused-ring (bicyclic) bond motifs is 1. The molecule has 0 spiro atoms. The molecule has 2 aromatic carbocycles. The SMILES string of the molecule is CCNCCNC(=O)C1CC1c1cccc2ccccc12.Cl. The number of halogens is 1. The molecule has 2 aromatic rings. The van der Waals surface area contributed by atoms with E-state index < -0.39 is 0 Å². The molecule has 2 N–H and O–H groups in total. The van der Waals surface area contributed by atoms with Gasteiger partial charge in [-0.1, -0.05) is 49.4 Å². The van der Waals surface area contributed by atoms with E-state index in [1.165, 1.54) is 16.3 Å². The second kappa shape index (κ2) is 7.61. The molecule has 0 bridgehead atoms. The number of benzene rings is 2. The van der Waals surface area contributed by atoms with Crippen molar-refractivity contribution in [1.29, 1.82) is 0 Å². The Hall–Kier alpha value is -1.58. The Labute approximate surface area is 137 Å². The lowest BCUT2D eigenvalue weighted by atomic mass is 10.00. The van der Waals surface area contributed by atoms with Crippen LogP contribution in [0.15, 0.2) is 42.5 Å². The van der Waals surface area contributed by atoms with Crippen LogP contribution in [0.3, 0.4) is 0 Å². The van der Waals surface area contributed by atoms with E-state index in [-0.39, 0.29) is 24.2 Å². The Morgan fingerprint density at radius 2 is 1.91 bits per heavy atom. The van der Waals surface area contributed by atoms with E-state index in [1.54, 1.807) is 0 Å². The Kier molecular flexibility index (Phi) is 5.81. The van der Waals surface area contributed by atoms with Crippen molar-refractivity contribution in [1.82, 2.24) is 10.6 Å². The first-order valence-corrected chi connectivity index (χ1v) is 7.77. The Bertz CT molecular complexity index is 639. The first-order valence-electron chi connectivity index (χ1n) is 7.77. The molecule has 0 radical (unpaired) electrons. The van der Waals surface area contributed by atoms with E-state index in [0.717, 1.165) is 19.5 Å². The summed E-state index contributed by atoms with van der Waals surface area (Å²) in [5.74, 6) is 0.735. The normalized spacial score (nSPS) is 19.5. The third kappa shape index (κ3) is 3.60. The minimum atomic E-state index is 0. The van der Waals surface area contributed by atoms with Crippen molar-refractivity contribution in [3.8, 4) is 0 Å². The fourth-order valence-electron chi connectivity index (χ4n) is 2.98. The highest BCUT2D eigenvalue weighted by Gasteiger charge is 2.44. The van der Waals surface area contributed by atoms with Crippen LogP contribution < -0.4 is 10.6 Å². The van der Waals surface area contributed by atoms with Crippen LogP contribution in [-0.2, 0) is 4.79 Å². The van der Waals surface area contributed by atoms with Crippen LogP contribution in [0.4, 0.5) is 0 Å². The first kappa shape index (κ1) is 16.8. The number of nitrogens with one attached hydrogen (secondary N) is 2. The molecule has 0 aromatic heterocycles. The highest BCUT2D eigenvalue weighted by atomic mass is 35.5. The summed E-state index contributed by atoms with van der Waals surface area (Å²) in [5, 5.41) is 8.78. The fraction of sp³-hybridized carbons (Fsp3) is 0.389. The number of rotatable bonds is 6. The van der Waals surface area contributed by atoms with E-state index in [2.05, 4.69) is 60.0 Å². The molecule has 2 unspecified atom stereocenters. The van der Waals surface area contributed by atoms with Gasteiger partial charge in [-0.2, -0.15) is 0 Å². The zero-order valence-corrected chi connectivity index (χ0v) is 13.7. The molecule has 1 fully saturated rings. The maximum absolute atomic E-state index is 12.1. The topological polar surface area (TPSA) is 41.1 Å². The average Bonchev–Trinajstić information content (AvgIpc) is 3.31. The van der Waals surface area contributed by atoms with Crippen molar-refractivity contribution in [3.63, 3.8) is 0 Å². The molecule has 0 heterocycles. The van der Waals surface area contributed by atoms with Crippen LogP contribution in [0.25, 0.3) is 10.8 Å². The van der Waals surface area contributed by atoms with Gasteiger partial charge in [0.05, 0.1) is 0 Å². The summed E-state index contributed by atoms with van der Waals surface area (Å²) in [6.07, 6.45) is 0.973. The number of carbonyl (C=O) groups is 1. The predicted molar refractivity (Wildman–Crippen MR) is 93.6 cm³/mol. The summed E-state index contributed by atoms with van der Waals surface area (Å²) in [5.41, 5.74) is 1.32. The summed E-state index contributed by atoms with van der Waals surface area (Å²) in [4.78, 5) is 12.1. The minimum absolute atomic E-state index is 0. The van der Waals surface area contributed by atoms with Gasteiger partial charge in [0.15, 0.2) is 0 Å². The van der Waals surface area contributed by atoms with Crippen LogP contribution in [-0.4, -0.2) is 25.5 Å². The molecule has 118 valence electrons. The van der Waals surface area contributed by atoms with E-state index >= 15 is 0 Å². The molecule has 0 aliphatic heterocycles. The summed E-state index contributed by atoms with van der Waals surface area (Å²) in [6, 6.07) is 14.8. The molecular formula is C18H23ClN2O. The molecule has 3 rings (SSSR count). The van der Waals surface area contributed by atoms with Gasteiger partial charge in [0.25, 0.3) is 0 Å². The summed E-state index contributed by atoms with van der Waals surface area (Å²) in [7, 11) is 0. The van der Waals surface area contributed by atoms with Gasteiger partial charge in [-0.15, -0.1) is 12.4 Å². The molecular weight excluding hydrogens is 296 g/mol. The molecule has 0 saturated heterocycles. The van der Waals surface area contributed by atoms with Crippen molar-refractivity contribution in [3.05, 3.63) is 48.0 Å². The summed E-state index contributed by atoms with van der Waals surface area (Å²) in [6.45, 7) is 4.57. The second-order valence-corrected chi connectivity index (χ2v) is 5.66. The summed E-state index contributed by atoms with van der Waals surface area (Å²) >= 11 is 0. The first-order chi connectivity index (χ1) is 10.3. The summed E-state index contributed by atoms with van der Waals surface area (Å²) < 4.78 is 0. The zero-order valence-electron chi connectivity index (χ0n) is 12.8. The van der Waals surface area contributed by atoms with Crippen molar-refractivity contribution in [2.75, 3.05) is 19.6 Å². The van der Waals surface area contributed by atoms with Gasteiger partial charge >= 0.3 is 0 Å². The second-order valence-electron chi connectivity index (χ2n) is 5.66. The van der Waals surface area contributed by atoms with Crippen LogP contribution in [0.2, 0.25) is 0 Å². The molecule has 1 saturated carbocycles. The minimum Gasteiger partial charge on any atom is -0.355 e. The molecule has 1 aliphatic carbocycles. The Balaban J connectivity index is 0.00000176. The Morgan fingerprint density at radius 3 is 2.73 bits per heavy atom. The van der Waals surface area contributed by atoms with Gasteiger partial charge in [-0.3, -0.25) is 4.79 Å². The molecule has 1 aliphatic rings. The van der Waals surface area contributed by atoms with Crippen LogP contribution >= 0.6 is 12.4 Å². The lowest BCUT2D eigenvalue weighted by Gasteiger charge is -2.07. The Morgan fingerprint density at radius 1 is 1.14 bits per heavy atom.